The zero-order chi connectivity index (χ0) is 11.0. The SMILES string of the molecule is C=C(NC(=O)C=CC)C(=O)OCCC. The van der Waals surface area contributed by atoms with Crippen molar-refractivity contribution in [3.8, 4) is 0 Å². The van der Waals surface area contributed by atoms with Crippen molar-refractivity contribution in [3.05, 3.63) is 24.4 Å². The zero-order valence-corrected chi connectivity index (χ0v) is 8.50. The Morgan fingerprint density at radius 3 is 2.64 bits per heavy atom. The van der Waals surface area contributed by atoms with Crippen LogP contribution in [0.5, 0.6) is 0 Å². The Bertz CT molecular complexity index is 256. The summed E-state index contributed by atoms with van der Waals surface area (Å²) in [6.07, 6.45) is 3.61. The van der Waals surface area contributed by atoms with E-state index >= 15 is 0 Å². The van der Waals surface area contributed by atoms with E-state index in [1.807, 2.05) is 6.92 Å². The fraction of sp³-hybridized carbons (Fsp3) is 0.400. The fourth-order valence-electron chi connectivity index (χ4n) is 0.675. The van der Waals surface area contributed by atoms with Crippen LogP contribution in [0.15, 0.2) is 24.4 Å². The minimum Gasteiger partial charge on any atom is -0.461 e. The van der Waals surface area contributed by atoms with Crippen molar-refractivity contribution in [2.75, 3.05) is 6.61 Å². The quantitative estimate of drug-likeness (QED) is 0.531. The molecule has 78 valence electrons. The maximum atomic E-state index is 11.1. The van der Waals surface area contributed by atoms with Crippen molar-refractivity contribution in [1.29, 1.82) is 0 Å². The molecule has 0 heterocycles. The molecule has 14 heavy (non-hydrogen) atoms. The van der Waals surface area contributed by atoms with Crippen LogP contribution >= 0.6 is 0 Å². The maximum Gasteiger partial charge on any atom is 0.354 e. The highest BCUT2D eigenvalue weighted by Crippen LogP contribution is 1.92. The van der Waals surface area contributed by atoms with Gasteiger partial charge in [0.05, 0.1) is 6.61 Å². The summed E-state index contributed by atoms with van der Waals surface area (Å²) in [6, 6.07) is 0. The molecule has 0 aromatic carbocycles. The van der Waals surface area contributed by atoms with Crippen molar-refractivity contribution >= 4 is 11.9 Å². The molecule has 0 fully saturated rings. The molecule has 0 aromatic heterocycles. The van der Waals surface area contributed by atoms with Crippen molar-refractivity contribution in [1.82, 2.24) is 5.32 Å². The van der Waals surface area contributed by atoms with E-state index in [2.05, 4.69) is 11.9 Å². The molecule has 1 amide bonds. The van der Waals surface area contributed by atoms with E-state index in [1.54, 1.807) is 13.0 Å². The molecule has 4 heteroatoms. The smallest absolute Gasteiger partial charge is 0.354 e. The first kappa shape index (κ1) is 12.4. The largest absolute Gasteiger partial charge is 0.461 e. The number of ether oxygens (including phenoxy) is 1. The molecule has 0 bridgehead atoms. The van der Waals surface area contributed by atoms with Crippen molar-refractivity contribution in [2.45, 2.75) is 20.3 Å². The highest BCUT2D eigenvalue weighted by Gasteiger charge is 2.09. The third-order valence-electron chi connectivity index (χ3n) is 1.28. The number of rotatable bonds is 5. The predicted octanol–water partition coefficient (Wildman–Crippen LogP) is 1.15. The number of nitrogens with one attached hydrogen (secondary N) is 1. The summed E-state index contributed by atoms with van der Waals surface area (Å²) in [7, 11) is 0. The molecule has 0 aromatic rings. The highest BCUT2D eigenvalue weighted by atomic mass is 16.5. The van der Waals surface area contributed by atoms with Gasteiger partial charge in [-0.15, -0.1) is 0 Å². The van der Waals surface area contributed by atoms with Crippen molar-refractivity contribution in [3.63, 3.8) is 0 Å². The Balaban J connectivity index is 3.95. The zero-order valence-electron chi connectivity index (χ0n) is 8.50. The normalized spacial score (nSPS) is 9.86. The fourth-order valence-corrected chi connectivity index (χ4v) is 0.675. The van der Waals surface area contributed by atoms with Gasteiger partial charge in [0, 0.05) is 0 Å². The Labute approximate surface area is 83.6 Å². The van der Waals surface area contributed by atoms with Crippen LogP contribution in [-0.4, -0.2) is 18.5 Å². The van der Waals surface area contributed by atoms with Crippen LogP contribution in [0, 0.1) is 0 Å². The molecule has 0 aliphatic heterocycles. The number of hydrogen-bond acceptors (Lipinski definition) is 3. The molecule has 0 saturated carbocycles. The predicted molar refractivity (Wildman–Crippen MR) is 53.3 cm³/mol. The molecule has 0 aliphatic rings. The van der Waals surface area contributed by atoms with Gasteiger partial charge < -0.3 is 10.1 Å². The summed E-state index contributed by atoms with van der Waals surface area (Å²) >= 11 is 0. The highest BCUT2D eigenvalue weighted by molar-refractivity contribution is 5.97. The van der Waals surface area contributed by atoms with Gasteiger partial charge in [0.2, 0.25) is 5.91 Å². The number of amides is 1. The van der Waals surface area contributed by atoms with E-state index < -0.39 is 5.97 Å². The van der Waals surface area contributed by atoms with Crippen LogP contribution in [0.2, 0.25) is 0 Å². The first-order chi connectivity index (χ1) is 6.61. The lowest BCUT2D eigenvalue weighted by Gasteiger charge is -2.05. The van der Waals surface area contributed by atoms with Gasteiger partial charge in [0.15, 0.2) is 0 Å². The van der Waals surface area contributed by atoms with Gasteiger partial charge in [-0.3, -0.25) is 4.79 Å². The van der Waals surface area contributed by atoms with Crippen LogP contribution in [0.25, 0.3) is 0 Å². The third kappa shape index (κ3) is 5.13. The second-order valence-corrected chi connectivity index (χ2v) is 2.60. The molecule has 0 unspecified atom stereocenters. The maximum absolute atomic E-state index is 11.1. The number of carbonyl (C=O) groups is 2. The van der Waals surface area contributed by atoms with E-state index in [4.69, 9.17) is 4.74 Å². The summed E-state index contributed by atoms with van der Waals surface area (Å²) in [5, 5.41) is 2.29. The Kier molecular flexibility index (Phi) is 6.11. The summed E-state index contributed by atoms with van der Waals surface area (Å²) < 4.78 is 4.75. The average Bonchev–Trinajstić information content (AvgIpc) is 2.14. The Morgan fingerprint density at radius 1 is 1.50 bits per heavy atom. The van der Waals surface area contributed by atoms with Gasteiger partial charge in [0.25, 0.3) is 0 Å². The van der Waals surface area contributed by atoms with E-state index in [0.29, 0.717) is 6.61 Å². The Morgan fingerprint density at radius 2 is 2.14 bits per heavy atom. The van der Waals surface area contributed by atoms with Crippen LogP contribution in [-0.2, 0) is 14.3 Å². The van der Waals surface area contributed by atoms with Crippen LogP contribution in [0.1, 0.15) is 20.3 Å². The number of esters is 1. The summed E-state index contributed by atoms with van der Waals surface area (Å²) in [5.74, 6) is -0.976. The first-order valence-corrected chi connectivity index (χ1v) is 4.41. The molecular formula is C10H15NO3. The molecule has 0 spiro atoms. The molecule has 0 radical (unpaired) electrons. The number of carbonyl (C=O) groups excluding carboxylic acids is 2. The lowest BCUT2D eigenvalue weighted by Crippen LogP contribution is -2.26. The van der Waals surface area contributed by atoms with Gasteiger partial charge in [-0.05, 0) is 19.4 Å². The van der Waals surface area contributed by atoms with Gasteiger partial charge in [-0.2, -0.15) is 0 Å². The van der Waals surface area contributed by atoms with Gasteiger partial charge in [-0.25, -0.2) is 4.79 Å². The molecule has 1 N–H and O–H groups in total. The topological polar surface area (TPSA) is 55.4 Å². The standard InChI is InChI=1S/C10H15NO3/c1-4-6-9(12)11-8(3)10(13)14-7-5-2/h4,6H,3,5,7H2,1-2H3,(H,11,12). The minimum absolute atomic E-state index is 0.0402. The van der Waals surface area contributed by atoms with Crippen molar-refractivity contribution < 1.29 is 14.3 Å². The van der Waals surface area contributed by atoms with Crippen LogP contribution in [0.4, 0.5) is 0 Å². The summed E-state index contributed by atoms with van der Waals surface area (Å²) in [5.41, 5.74) is -0.0402. The summed E-state index contributed by atoms with van der Waals surface area (Å²) in [6.45, 7) is 7.31. The monoisotopic (exact) mass is 197 g/mol. The number of allylic oxidation sites excluding steroid dienone is 1. The van der Waals surface area contributed by atoms with Crippen LogP contribution < -0.4 is 5.32 Å². The molecule has 0 saturated heterocycles. The van der Waals surface area contributed by atoms with E-state index in [-0.39, 0.29) is 11.6 Å². The van der Waals surface area contributed by atoms with Gasteiger partial charge >= 0.3 is 5.97 Å². The molecular weight excluding hydrogens is 182 g/mol. The second-order valence-electron chi connectivity index (χ2n) is 2.60. The van der Waals surface area contributed by atoms with E-state index in [1.165, 1.54) is 6.08 Å². The third-order valence-corrected chi connectivity index (χ3v) is 1.28. The lowest BCUT2D eigenvalue weighted by molar-refractivity contribution is -0.140. The second kappa shape index (κ2) is 6.88. The lowest BCUT2D eigenvalue weighted by atomic mass is 10.4. The number of hydrogen-bond donors (Lipinski definition) is 1. The van der Waals surface area contributed by atoms with Crippen LogP contribution in [0.3, 0.4) is 0 Å². The molecule has 0 atom stereocenters. The van der Waals surface area contributed by atoms with E-state index in [0.717, 1.165) is 6.42 Å². The van der Waals surface area contributed by atoms with E-state index in [9.17, 15) is 9.59 Å². The van der Waals surface area contributed by atoms with Gasteiger partial charge in [0.1, 0.15) is 5.70 Å². The minimum atomic E-state index is -0.593. The van der Waals surface area contributed by atoms with Gasteiger partial charge in [-0.1, -0.05) is 19.6 Å². The first-order valence-electron chi connectivity index (χ1n) is 4.41. The summed E-state index contributed by atoms with van der Waals surface area (Å²) in [4.78, 5) is 22.0. The van der Waals surface area contributed by atoms with Crippen molar-refractivity contribution in [2.24, 2.45) is 0 Å². The average molecular weight is 197 g/mol. The molecule has 4 nitrogen and oxygen atoms in total. The Hall–Kier alpha value is -1.58. The molecule has 0 aliphatic carbocycles. The molecule has 0 rings (SSSR count).